The molecular weight excluding hydrogens is 416 g/mol. The molecule has 2 heterocycles. The molecule has 0 bridgehead atoms. The molecule has 0 unspecified atom stereocenters. The third-order valence-electron chi connectivity index (χ3n) is 4.80. The predicted octanol–water partition coefficient (Wildman–Crippen LogP) is 3.32. The number of likely N-dealkylation sites (N-methyl/N-ethyl adjacent to an activating group) is 1. The van der Waals surface area contributed by atoms with Gasteiger partial charge in [-0.25, -0.2) is 4.79 Å². The van der Waals surface area contributed by atoms with Crippen LogP contribution in [0.1, 0.15) is 21.6 Å². The van der Waals surface area contributed by atoms with Gasteiger partial charge in [0.05, 0.1) is 26.5 Å². The second-order valence-electron chi connectivity index (χ2n) is 7.21. The van der Waals surface area contributed by atoms with Crippen LogP contribution in [0.15, 0.2) is 35.8 Å². The van der Waals surface area contributed by atoms with Crippen molar-refractivity contribution in [3.05, 3.63) is 52.7 Å². The molecule has 164 valence electrons. The fraction of sp³-hybridized carbons (Fsp3) is 0.318. The van der Waals surface area contributed by atoms with Gasteiger partial charge in [-0.3, -0.25) is 14.4 Å². The van der Waals surface area contributed by atoms with E-state index in [-0.39, 0.29) is 12.5 Å². The highest BCUT2D eigenvalue weighted by molar-refractivity contribution is 7.15. The summed E-state index contributed by atoms with van der Waals surface area (Å²) in [6.45, 7) is 2.71. The van der Waals surface area contributed by atoms with Gasteiger partial charge in [0, 0.05) is 36.3 Å². The summed E-state index contributed by atoms with van der Waals surface area (Å²) in [4.78, 5) is 27.0. The molecule has 8 nitrogen and oxygen atoms in total. The number of hydrogen-bond acceptors (Lipinski definition) is 7. The maximum absolute atomic E-state index is 12.7. The van der Waals surface area contributed by atoms with Crippen LogP contribution in [-0.4, -0.2) is 54.4 Å². The number of amides is 1. The minimum Gasteiger partial charge on any atom is -0.497 e. The molecule has 0 fully saturated rings. The first kappa shape index (κ1) is 22.5. The zero-order valence-corrected chi connectivity index (χ0v) is 19.1. The minimum absolute atomic E-state index is 0.171. The van der Waals surface area contributed by atoms with Gasteiger partial charge in [-0.1, -0.05) is 12.1 Å². The normalized spacial score (nSPS) is 10.9. The third kappa shape index (κ3) is 5.31. The maximum atomic E-state index is 12.7. The van der Waals surface area contributed by atoms with Crippen LogP contribution in [0.3, 0.4) is 0 Å². The van der Waals surface area contributed by atoms with Crippen LogP contribution in [-0.2, 0) is 23.1 Å². The van der Waals surface area contributed by atoms with E-state index in [1.54, 1.807) is 11.8 Å². The maximum Gasteiger partial charge on any atom is 0.341 e. The zero-order valence-electron chi connectivity index (χ0n) is 18.3. The van der Waals surface area contributed by atoms with E-state index < -0.39 is 5.97 Å². The van der Waals surface area contributed by atoms with Gasteiger partial charge in [0.1, 0.15) is 16.3 Å². The van der Waals surface area contributed by atoms with Gasteiger partial charge in [0.2, 0.25) is 5.91 Å². The summed E-state index contributed by atoms with van der Waals surface area (Å²) in [7, 11) is 6.66. The standard InChI is InChI=1S/C22H26N4O4S/c1-14-16(11-26(3)24-14)10-25(2)12-19(27)23-21-20(22(28)30-5)18(13-31-21)15-6-8-17(29-4)9-7-15/h6-9,11,13H,10,12H2,1-5H3,(H,23,27). The van der Waals surface area contributed by atoms with Crippen molar-refractivity contribution in [2.45, 2.75) is 13.5 Å². The lowest BCUT2D eigenvalue weighted by Gasteiger charge is -2.16. The lowest BCUT2D eigenvalue weighted by atomic mass is 10.0. The summed E-state index contributed by atoms with van der Waals surface area (Å²) in [5, 5.41) is 9.50. The number of ether oxygens (including phenoxy) is 2. The molecule has 3 rings (SSSR count). The van der Waals surface area contributed by atoms with Crippen molar-refractivity contribution in [1.82, 2.24) is 14.7 Å². The summed E-state index contributed by atoms with van der Waals surface area (Å²) in [5.74, 6) is 0.0121. The largest absolute Gasteiger partial charge is 0.497 e. The minimum atomic E-state index is -0.498. The van der Waals surface area contributed by atoms with Crippen molar-refractivity contribution in [1.29, 1.82) is 0 Å². The van der Waals surface area contributed by atoms with Gasteiger partial charge in [0.15, 0.2) is 0 Å². The number of thiophene rings is 1. The summed E-state index contributed by atoms with van der Waals surface area (Å²) in [6, 6.07) is 7.37. The van der Waals surface area contributed by atoms with Gasteiger partial charge < -0.3 is 14.8 Å². The Bertz CT molecular complexity index is 1070. The molecule has 0 radical (unpaired) electrons. The molecule has 0 aliphatic heterocycles. The number of anilines is 1. The first-order valence-corrected chi connectivity index (χ1v) is 10.5. The van der Waals surface area contributed by atoms with Crippen molar-refractivity contribution in [3.63, 3.8) is 0 Å². The molecule has 31 heavy (non-hydrogen) atoms. The predicted molar refractivity (Wildman–Crippen MR) is 121 cm³/mol. The van der Waals surface area contributed by atoms with Gasteiger partial charge in [-0.2, -0.15) is 5.10 Å². The Hall–Kier alpha value is -3.17. The van der Waals surface area contributed by atoms with Gasteiger partial charge in [-0.05, 0) is 31.7 Å². The molecule has 1 N–H and O–H groups in total. The van der Waals surface area contributed by atoms with Crippen molar-refractivity contribution >= 4 is 28.2 Å². The number of nitrogens with one attached hydrogen (secondary N) is 1. The molecule has 1 amide bonds. The van der Waals surface area contributed by atoms with Crippen molar-refractivity contribution in [2.24, 2.45) is 7.05 Å². The lowest BCUT2D eigenvalue weighted by Crippen LogP contribution is -2.30. The quantitative estimate of drug-likeness (QED) is 0.539. The fourth-order valence-corrected chi connectivity index (χ4v) is 4.27. The Kier molecular flexibility index (Phi) is 7.09. The molecule has 1 aromatic carbocycles. The molecule has 2 aromatic heterocycles. The molecule has 0 saturated carbocycles. The van der Waals surface area contributed by atoms with Crippen LogP contribution in [0.5, 0.6) is 5.75 Å². The number of esters is 1. The second kappa shape index (κ2) is 9.76. The van der Waals surface area contributed by atoms with Crippen molar-refractivity contribution in [2.75, 3.05) is 33.1 Å². The highest BCUT2D eigenvalue weighted by Gasteiger charge is 2.23. The number of aromatic nitrogens is 2. The zero-order chi connectivity index (χ0) is 22.5. The number of carbonyl (C=O) groups is 2. The van der Waals surface area contributed by atoms with E-state index in [9.17, 15) is 9.59 Å². The van der Waals surface area contributed by atoms with E-state index in [0.717, 1.165) is 22.6 Å². The molecule has 9 heteroatoms. The number of benzene rings is 1. The van der Waals surface area contributed by atoms with E-state index in [1.807, 2.05) is 61.8 Å². The number of hydrogen-bond donors (Lipinski definition) is 1. The van der Waals surface area contributed by atoms with Crippen molar-refractivity contribution < 1.29 is 19.1 Å². The molecule has 0 atom stereocenters. The summed E-state index contributed by atoms with van der Waals surface area (Å²) in [6.07, 6.45) is 1.94. The van der Waals surface area contributed by atoms with E-state index in [2.05, 4.69) is 10.4 Å². The average Bonchev–Trinajstić information content (AvgIpc) is 3.29. The molecule has 3 aromatic rings. The Labute approximate surface area is 185 Å². The van der Waals surface area contributed by atoms with Crippen LogP contribution >= 0.6 is 11.3 Å². The molecular formula is C22H26N4O4S. The topological polar surface area (TPSA) is 85.7 Å². The number of nitrogens with zero attached hydrogens (tertiary/aromatic N) is 3. The van der Waals surface area contributed by atoms with E-state index >= 15 is 0 Å². The Morgan fingerprint density at radius 1 is 1.23 bits per heavy atom. The molecule has 0 spiro atoms. The highest BCUT2D eigenvalue weighted by Crippen LogP contribution is 2.36. The Morgan fingerprint density at radius 3 is 2.52 bits per heavy atom. The van der Waals surface area contributed by atoms with Gasteiger partial charge in [0.25, 0.3) is 0 Å². The van der Waals surface area contributed by atoms with Crippen LogP contribution in [0, 0.1) is 6.92 Å². The Morgan fingerprint density at radius 2 is 1.94 bits per heavy atom. The second-order valence-corrected chi connectivity index (χ2v) is 8.09. The number of aryl methyl sites for hydroxylation is 2. The van der Waals surface area contributed by atoms with Crippen LogP contribution in [0.4, 0.5) is 5.00 Å². The van der Waals surface area contributed by atoms with Crippen molar-refractivity contribution in [3.8, 4) is 16.9 Å². The molecule has 0 saturated heterocycles. The van der Waals surface area contributed by atoms with Crippen LogP contribution in [0.25, 0.3) is 11.1 Å². The number of methoxy groups -OCH3 is 2. The summed E-state index contributed by atoms with van der Waals surface area (Å²) in [5.41, 5.74) is 3.88. The lowest BCUT2D eigenvalue weighted by molar-refractivity contribution is -0.117. The first-order chi connectivity index (χ1) is 14.8. The Balaban J connectivity index is 1.75. The smallest absolute Gasteiger partial charge is 0.341 e. The van der Waals surface area contributed by atoms with Gasteiger partial charge >= 0.3 is 5.97 Å². The van der Waals surface area contributed by atoms with Crippen LogP contribution < -0.4 is 10.1 Å². The SMILES string of the molecule is COC(=O)c1c(-c2ccc(OC)cc2)csc1NC(=O)CN(C)Cc1cn(C)nc1C. The molecule has 0 aliphatic carbocycles. The van der Waals surface area contributed by atoms with E-state index in [4.69, 9.17) is 9.47 Å². The van der Waals surface area contributed by atoms with Gasteiger partial charge in [-0.15, -0.1) is 11.3 Å². The van der Waals surface area contributed by atoms with E-state index in [1.165, 1.54) is 18.4 Å². The first-order valence-electron chi connectivity index (χ1n) is 9.64. The number of carbonyl (C=O) groups excluding carboxylic acids is 2. The highest BCUT2D eigenvalue weighted by atomic mass is 32.1. The summed E-state index contributed by atoms with van der Waals surface area (Å²) < 4.78 is 11.9. The van der Waals surface area contributed by atoms with Crippen LogP contribution in [0.2, 0.25) is 0 Å². The van der Waals surface area contributed by atoms with E-state index in [0.29, 0.717) is 22.7 Å². The fourth-order valence-electron chi connectivity index (χ4n) is 3.30. The third-order valence-corrected chi connectivity index (χ3v) is 5.70. The monoisotopic (exact) mass is 442 g/mol. The average molecular weight is 443 g/mol. The number of rotatable bonds is 8. The molecule has 0 aliphatic rings. The summed E-state index contributed by atoms with van der Waals surface area (Å²) >= 11 is 1.29.